The summed E-state index contributed by atoms with van der Waals surface area (Å²) >= 11 is 0. The number of fused-ring (bicyclic) bond motifs is 6. The van der Waals surface area contributed by atoms with Crippen LogP contribution in [0.2, 0.25) is 0 Å². The minimum atomic E-state index is 0.866. The van der Waals surface area contributed by atoms with Gasteiger partial charge in [0.1, 0.15) is 5.58 Å². The molecule has 0 spiro atoms. The van der Waals surface area contributed by atoms with Crippen LogP contribution in [0, 0.1) is 0 Å². The first-order chi connectivity index (χ1) is 25.3. The summed E-state index contributed by atoms with van der Waals surface area (Å²) in [5, 5.41) is 4.71. The maximum absolute atomic E-state index is 6.60. The van der Waals surface area contributed by atoms with Gasteiger partial charge in [0.15, 0.2) is 5.58 Å². The summed E-state index contributed by atoms with van der Waals surface area (Å²) in [6, 6.07) is 69.1. The lowest BCUT2D eigenvalue weighted by Crippen LogP contribution is -2.10. The van der Waals surface area contributed by atoms with Crippen LogP contribution in [0.25, 0.3) is 71.7 Å². The predicted molar refractivity (Wildman–Crippen MR) is 214 cm³/mol. The Morgan fingerprint density at radius 3 is 1.82 bits per heavy atom. The molecule has 0 radical (unpaired) electrons. The van der Waals surface area contributed by atoms with Crippen molar-refractivity contribution in [1.82, 2.24) is 4.57 Å². The van der Waals surface area contributed by atoms with Crippen LogP contribution in [0.3, 0.4) is 0 Å². The Labute approximate surface area is 295 Å². The van der Waals surface area contributed by atoms with Gasteiger partial charge in [0, 0.05) is 38.6 Å². The topological polar surface area (TPSA) is 21.3 Å². The Kier molecular flexibility index (Phi) is 6.81. The van der Waals surface area contributed by atoms with E-state index in [1.165, 1.54) is 32.9 Å². The lowest BCUT2D eigenvalue weighted by Gasteiger charge is -2.26. The molecule has 0 bridgehead atoms. The van der Waals surface area contributed by atoms with E-state index >= 15 is 0 Å². The third-order valence-corrected chi connectivity index (χ3v) is 9.98. The number of aromatic nitrogens is 1. The van der Waals surface area contributed by atoms with Crippen LogP contribution in [0.1, 0.15) is 0 Å². The number of nitrogens with zero attached hydrogens (tertiary/aromatic N) is 2. The normalized spacial score (nSPS) is 11.5. The molecule has 3 nitrogen and oxygen atoms in total. The molecule has 0 aliphatic carbocycles. The van der Waals surface area contributed by atoms with Gasteiger partial charge in [0.2, 0.25) is 0 Å². The highest BCUT2D eigenvalue weighted by atomic mass is 16.3. The Bertz CT molecular complexity index is 2850. The fraction of sp³-hybridized carbons (Fsp3) is 0. The fourth-order valence-corrected chi connectivity index (χ4v) is 7.60. The zero-order valence-electron chi connectivity index (χ0n) is 27.8. The molecule has 0 fully saturated rings. The van der Waals surface area contributed by atoms with Crippen LogP contribution in [-0.4, -0.2) is 4.57 Å². The van der Waals surface area contributed by atoms with E-state index in [0.717, 1.165) is 55.8 Å². The molecule has 10 aromatic rings. The first kappa shape index (κ1) is 29.1. The van der Waals surface area contributed by atoms with Gasteiger partial charge in [0.25, 0.3) is 0 Å². The monoisotopic (exact) mass is 652 g/mol. The molecule has 0 aliphatic heterocycles. The molecular formula is C48H32N2O. The van der Waals surface area contributed by atoms with Gasteiger partial charge in [-0.3, -0.25) is 0 Å². The average molecular weight is 653 g/mol. The fourth-order valence-electron chi connectivity index (χ4n) is 7.60. The molecule has 10 rings (SSSR count). The van der Waals surface area contributed by atoms with Crippen LogP contribution in [0.4, 0.5) is 17.1 Å². The van der Waals surface area contributed by atoms with Crippen LogP contribution >= 0.6 is 0 Å². The Balaban J connectivity index is 1.15. The molecule has 0 unspecified atom stereocenters. The third-order valence-electron chi connectivity index (χ3n) is 9.98. The molecule has 0 atom stereocenters. The summed E-state index contributed by atoms with van der Waals surface area (Å²) in [5.41, 5.74) is 13.1. The summed E-state index contributed by atoms with van der Waals surface area (Å²) in [5.74, 6) is 0. The van der Waals surface area contributed by atoms with Gasteiger partial charge in [0.05, 0.1) is 16.7 Å². The minimum Gasteiger partial charge on any atom is -0.454 e. The van der Waals surface area contributed by atoms with Crippen molar-refractivity contribution in [2.75, 3.05) is 4.90 Å². The van der Waals surface area contributed by atoms with Gasteiger partial charge in [-0.1, -0.05) is 133 Å². The summed E-state index contributed by atoms with van der Waals surface area (Å²) < 4.78 is 8.98. The maximum Gasteiger partial charge on any atom is 0.159 e. The van der Waals surface area contributed by atoms with Crippen molar-refractivity contribution in [2.45, 2.75) is 0 Å². The van der Waals surface area contributed by atoms with E-state index in [9.17, 15) is 0 Å². The quantitative estimate of drug-likeness (QED) is 0.178. The zero-order valence-corrected chi connectivity index (χ0v) is 27.8. The Morgan fingerprint density at radius 2 is 0.980 bits per heavy atom. The first-order valence-corrected chi connectivity index (χ1v) is 17.4. The smallest absolute Gasteiger partial charge is 0.159 e. The van der Waals surface area contributed by atoms with E-state index in [2.05, 4.69) is 191 Å². The summed E-state index contributed by atoms with van der Waals surface area (Å²) in [6.45, 7) is 0. The van der Waals surface area contributed by atoms with E-state index in [0.29, 0.717) is 0 Å². The lowest BCUT2D eigenvalue weighted by molar-refractivity contribution is 0.669. The molecule has 2 heterocycles. The van der Waals surface area contributed by atoms with Gasteiger partial charge in [-0.05, 0) is 82.9 Å². The summed E-state index contributed by atoms with van der Waals surface area (Å²) in [4.78, 5) is 2.32. The Hall–Kier alpha value is -6.84. The number of hydrogen-bond donors (Lipinski definition) is 0. The first-order valence-electron chi connectivity index (χ1n) is 17.4. The molecule has 0 saturated heterocycles. The summed E-state index contributed by atoms with van der Waals surface area (Å²) in [6.07, 6.45) is 0. The van der Waals surface area contributed by atoms with Gasteiger partial charge in [-0.15, -0.1) is 0 Å². The summed E-state index contributed by atoms with van der Waals surface area (Å²) in [7, 11) is 0. The van der Waals surface area contributed by atoms with Crippen LogP contribution < -0.4 is 4.90 Å². The number of para-hydroxylation sites is 4. The SMILES string of the molecule is c1ccc(-c2ccc(N(c3cccc(-c4ccc5c6ccccc6n(-c6ccccc6)c5c4)c3)c3cccc4c3oc3ccccc34)cc2)cc1. The number of benzene rings is 8. The zero-order chi connectivity index (χ0) is 33.7. The Morgan fingerprint density at radius 1 is 0.373 bits per heavy atom. The molecule has 51 heavy (non-hydrogen) atoms. The number of furan rings is 1. The third kappa shape index (κ3) is 4.90. The van der Waals surface area contributed by atoms with Crippen LogP contribution in [-0.2, 0) is 0 Å². The molecule has 8 aromatic carbocycles. The molecule has 0 N–H and O–H groups in total. The highest BCUT2D eigenvalue weighted by molar-refractivity contribution is 6.11. The number of rotatable bonds is 6. The van der Waals surface area contributed by atoms with Gasteiger partial charge >= 0.3 is 0 Å². The van der Waals surface area contributed by atoms with Gasteiger partial charge < -0.3 is 13.9 Å². The van der Waals surface area contributed by atoms with Crippen LogP contribution in [0.15, 0.2) is 199 Å². The van der Waals surface area contributed by atoms with E-state index in [-0.39, 0.29) is 0 Å². The predicted octanol–water partition coefficient (Wildman–Crippen LogP) is 13.5. The minimum absolute atomic E-state index is 0.866. The molecule has 240 valence electrons. The van der Waals surface area contributed by atoms with Crippen molar-refractivity contribution < 1.29 is 4.42 Å². The highest BCUT2D eigenvalue weighted by Crippen LogP contribution is 2.43. The number of hydrogen-bond acceptors (Lipinski definition) is 2. The van der Waals surface area contributed by atoms with E-state index < -0.39 is 0 Å². The van der Waals surface area contributed by atoms with E-state index in [4.69, 9.17) is 4.42 Å². The van der Waals surface area contributed by atoms with Crippen molar-refractivity contribution in [3.8, 4) is 27.9 Å². The molecule has 0 amide bonds. The molecule has 2 aromatic heterocycles. The largest absolute Gasteiger partial charge is 0.454 e. The van der Waals surface area contributed by atoms with Crippen LogP contribution in [0.5, 0.6) is 0 Å². The van der Waals surface area contributed by atoms with E-state index in [1.807, 2.05) is 12.1 Å². The average Bonchev–Trinajstić information content (AvgIpc) is 3.75. The molecular weight excluding hydrogens is 621 g/mol. The molecule has 0 saturated carbocycles. The second-order valence-corrected chi connectivity index (χ2v) is 13.0. The maximum atomic E-state index is 6.60. The second-order valence-electron chi connectivity index (χ2n) is 13.0. The standard InChI is InChI=1S/C48H32N2O/c1-3-13-33(14-4-1)34-25-28-38(29-26-34)49(45-23-12-21-43-42-20-8-10-24-47(42)51-48(43)45)39-18-11-15-35(31-39)36-27-30-41-40-19-7-9-22-44(40)50(46(41)32-36)37-16-5-2-6-17-37/h1-32H. The highest BCUT2D eigenvalue weighted by Gasteiger charge is 2.20. The molecule has 3 heteroatoms. The van der Waals surface area contributed by atoms with Crippen molar-refractivity contribution >= 4 is 60.8 Å². The molecule has 0 aliphatic rings. The lowest BCUT2D eigenvalue weighted by atomic mass is 10.0. The van der Waals surface area contributed by atoms with Crippen molar-refractivity contribution in [3.05, 3.63) is 194 Å². The van der Waals surface area contributed by atoms with Gasteiger partial charge in [-0.2, -0.15) is 0 Å². The number of anilines is 3. The van der Waals surface area contributed by atoms with Gasteiger partial charge in [-0.25, -0.2) is 0 Å². The van der Waals surface area contributed by atoms with Crippen molar-refractivity contribution in [2.24, 2.45) is 0 Å². The second kappa shape index (κ2) is 11.9. The van der Waals surface area contributed by atoms with E-state index in [1.54, 1.807) is 0 Å². The van der Waals surface area contributed by atoms with Crippen molar-refractivity contribution in [3.63, 3.8) is 0 Å². The van der Waals surface area contributed by atoms with Crippen molar-refractivity contribution in [1.29, 1.82) is 0 Å².